The molecule has 0 spiro atoms. The van der Waals surface area contributed by atoms with Crippen LogP contribution < -0.4 is 0 Å². The van der Waals surface area contributed by atoms with Gasteiger partial charge in [0.2, 0.25) is 5.05 Å². The highest BCUT2D eigenvalue weighted by molar-refractivity contribution is 7.80. The third-order valence-electron chi connectivity index (χ3n) is 2.94. The van der Waals surface area contributed by atoms with Crippen molar-refractivity contribution in [1.82, 2.24) is 9.94 Å². The second-order valence-electron chi connectivity index (χ2n) is 4.22. The molecule has 2 aromatic rings. The molecule has 1 aliphatic heterocycles. The molecule has 6 heteroatoms. The fraction of sp³-hybridized carbons (Fsp3) is 0.250. The number of oxime groups is 1. The van der Waals surface area contributed by atoms with E-state index in [4.69, 9.17) is 17.1 Å². The lowest BCUT2D eigenvalue weighted by Gasteiger charge is -2.00. The van der Waals surface area contributed by atoms with Gasteiger partial charge in [-0.15, -0.1) is 9.94 Å². The molecule has 0 saturated carbocycles. The van der Waals surface area contributed by atoms with Crippen LogP contribution in [0.5, 0.6) is 0 Å². The Morgan fingerprint density at radius 2 is 2.28 bits per heavy atom. The number of hydrogen-bond donors (Lipinski definition) is 1. The van der Waals surface area contributed by atoms with Gasteiger partial charge in [-0.1, -0.05) is 11.2 Å². The van der Waals surface area contributed by atoms with E-state index in [1.807, 2.05) is 18.2 Å². The number of thiocarbonyl (C=S) groups is 1. The van der Waals surface area contributed by atoms with Crippen LogP contribution in [0.25, 0.3) is 10.9 Å². The summed E-state index contributed by atoms with van der Waals surface area (Å²) in [7, 11) is 0. The molecule has 1 aromatic heterocycles. The van der Waals surface area contributed by atoms with Crippen molar-refractivity contribution in [3.63, 3.8) is 0 Å². The molecule has 1 N–H and O–H groups in total. The number of nitrogens with zero attached hydrogens (tertiary/aromatic N) is 3. The Bertz CT molecular complexity index is 648. The molecule has 1 aromatic carbocycles. The Hall–Kier alpha value is -1.95. The van der Waals surface area contributed by atoms with Gasteiger partial charge in [0.05, 0.1) is 18.3 Å². The number of aryl methyl sites for hydroxylation is 1. The van der Waals surface area contributed by atoms with Gasteiger partial charge < -0.3 is 10.0 Å². The minimum Gasteiger partial charge on any atom is -0.411 e. The van der Waals surface area contributed by atoms with E-state index in [1.54, 1.807) is 6.20 Å². The first kappa shape index (κ1) is 11.2. The molecule has 3 rings (SSSR count). The summed E-state index contributed by atoms with van der Waals surface area (Å²) in [5.74, 6) is 0. The Morgan fingerprint density at radius 1 is 1.39 bits per heavy atom. The topological polar surface area (TPSA) is 59.6 Å². The van der Waals surface area contributed by atoms with E-state index >= 15 is 0 Å². The lowest BCUT2D eigenvalue weighted by Crippen LogP contribution is -1.99. The molecule has 1 aliphatic rings. The van der Waals surface area contributed by atoms with Crippen molar-refractivity contribution in [3.05, 3.63) is 30.0 Å². The fourth-order valence-electron chi connectivity index (χ4n) is 1.99. The van der Waals surface area contributed by atoms with Crippen molar-refractivity contribution < 1.29 is 10.0 Å². The van der Waals surface area contributed by atoms with Crippen molar-refractivity contribution in [2.75, 3.05) is 0 Å². The van der Waals surface area contributed by atoms with Crippen LogP contribution in [0.15, 0.2) is 29.6 Å². The molecule has 0 aliphatic carbocycles. The van der Waals surface area contributed by atoms with Crippen LogP contribution >= 0.6 is 12.2 Å². The maximum atomic E-state index is 9.39. The molecular formula is C12H11N3O2S. The summed E-state index contributed by atoms with van der Waals surface area (Å²) >= 11 is 4.92. The number of hydrogen-bond acceptors (Lipinski definition) is 5. The van der Waals surface area contributed by atoms with Crippen molar-refractivity contribution in [2.24, 2.45) is 5.16 Å². The highest BCUT2D eigenvalue weighted by Crippen LogP contribution is 2.17. The molecule has 92 valence electrons. The van der Waals surface area contributed by atoms with Gasteiger partial charge >= 0.3 is 0 Å². The van der Waals surface area contributed by atoms with Crippen LogP contribution in [0, 0.1) is 0 Å². The number of rotatable bonds is 3. The maximum Gasteiger partial charge on any atom is 0.203 e. The molecule has 0 saturated heterocycles. The third-order valence-corrected chi connectivity index (χ3v) is 3.16. The van der Waals surface area contributed by atoms with E-state index in [0.29, 0.717) is 17.0 Å². The Labute approximate surface area is 109 Å². The second kappa shape index (κ2) is 4.38. The molecule has 0 bridgehead atoms. The van der Waals surface area contributed by atoms with Crippen LogP contribution in [0.3, 0.4) is 0 Å². The predicted octanol–water partition coefficient (Wildman–Crippen LogP) is 2.31. The first-order valence-electron chi connectivity index (χ1n) is 5.64. The molecule has 5 nitrogen and oxygen atoms in total. The standard InChI is InChI=1S/C12H11N3O2S/c16-15-11-4-2-8(5-9(11)7-13-15)1-3-10-6-12(18)17-14-10/h2,4-5,7,16H,1,3,6H2. The lowest BCUT2D eigenvalue weighted by atomic mass is 10.0. The van der Waals surface area contributed by atoms with Gasteiger partial charge in [0.25, 0.3) is 0 Å². The van der Waals surface area contributed by atoms with Crippen LogP contribution in [-0.4, -0.2) is 25.9 Å². The van der Waals surface area contributed by atoms with E-state index in [9.17, 15) is 5.21 Å². The Balaban J connectivity index is 1.73. The Kier molecular flexibility index (Phi) is 2.71. The summed E-state index contributed by atoms with van der Waals surface area (Å²) in [6, 6.07) is 5.85. The SMILES string of the molecule is On1ncc2cc(CCC3=NOC(=S)C3)ccc21. The molecule has 18 heavy (non-hydrogen) atoms. The average molecular weight is 261 g/mol. The van der Waals surface area contributed by atoms with Crippen LogP contribution in [0.2, 0.25) is 0 Å². The van der Waals surface area contributed by atoms with E-state index in [2.05, 4.69) is 10.3 Å². The summed E-state index contributed by atoms with van der Waals surface area (Å²) in [6.45, 7) is 0. The smallest absolute Gasteiger partial charge is 0.203 e. The van der Waals surface area contributed by atoms with Gasteiger partial charge in [0, 0.05) is 5.39 Å². The van der Waals surface area contributed by atoms with Crippen molar-refractivity contribution >= 4 is 33.9 Å². The minimum atomic E-state index is 0.544. The highest BCUT2D eigenvalue weighted by Gasteiger charge is 2.13. The van der Waals surface area contributed by atoms with Gasteiger partial charge in [-0.25, -0.2) is 0 Å². The molecule has 2 heterocycles. The van der Waals surface area contributed by atoms with Gasteiger partial charge in [0.15, 0.2) is 0 Å². The highest BCUT2D eigenvalue weighted by atomic mass is 32.1. The zero-order chi connectivity index (χ0) is 12.5. The minimum absolute atomic E-state index is 0.544. The predicted molar refractivity (Wildman–Crippen MR) is 71.0 cm³/mol. The summed E-state index contributed by atoms with van der Waals surface area (Å²) in [4.78, 5) is 5.78. The first-order chi connectivity index (χ1) is 8.72. The third kappa shape index (κ3) is 2.06. The van der Waals surface area contributed by atoms with Crippen LogP contribution in [0.1, 0.15) is 18.4 Å². The van der Waals surface area contributed by atoms with Gasteiger partial charge in [-0.05, 0) is 42.8 Å². The Morgan fingerprint density at radius 3 is 3.06 bits per heavy atom. The van der Waals surface area contributed by atoms with E-state index < -0.39 is 0 Å². The number of fused-ring (bicyclic) bond motifs is 1. The second-order valence-corrected chi connectivity index (χ2v) is 4.68. The van der Waals surface area contributed by atoms with Gasteiger partial charge in [-0.3, -0.25) is 0 Å². The number of benzene rings is 1. The van der Waals surface area contributed by atoms with Crippen LogP contribution in [0.4, 0.5) is 0 Å². The van der Waals surface area contributed by atoms with E-state index in [0.717, 1.165) is 28.8 Å². The van der Waals surface area contributed by atoms with Crippen LogP contribution in [-0.2, 0) is 11.3 Å². The quantitative estimate of drug-likeness (QED) is 0.680. The maximum absolute atomic E-state index is 9.39. The summed E-state index contributed by atoms with van der Waals surface area (Å²) in [5.41, 5.74) is 2.87. The largest absolute Gasteiger partial charge is 0.411 e. The molecule has 0 radical (unpaired) electrons. The van der Waals surface area contributed by atoms with E-state index in [-0.39, 0.29) is 0 Å². The molecule has 0 unspecified atom stereocenters. The fourth-order valence-corrected chi connectivity index (χ4v) is 2.20. The number of aromatic nitrogens is 2. The summed E-state index contributed by atoms with van der Waals surface area (Å²) in [5, 5.41) is 18.6. The molecular weight excluding hydrogens is 250 g/mol. The molecule has 0 atom stereocenters. The average Bonchev–Trinajstić information content (AvgIpc) is 2.94. The monoisotopic (exact) mass is 261 g/mol. The molecule has 0 amide bonds. The lowest BCUT2D eigenvalue weighted by molar-refractivity contribution is 0.161. The van der Waals surface area contributed by atoms with Crippen molar-refractivity contribution in [2.45, 2.75) is 19.3 Å². The normalized spacial score (nSPS) is 14.9. The van der Waals surface area contributed by atoms with Crippen molar-refractivity contribution in [1.29, 1.82) is 0 Å². The van der Waals surface area contributed by atoms with E-state index in [1.165, 1.54) is 5.56 Å². The zero-order valence-corrected chi connectivity index (χ0v) is 10.4. The summed E-state index contributed by atoms with van der Waals surface area (Å²) in [6.07, 6.45) is 4.01. The summed E-state index contributed by atoms with van der Waals surface area (Å²) < 4.78 is 0. The molecule has 0 fully saturated rings. The van der Waals surface area contributed by atoms with Gasteiger partial charge in [0.1, 0.15) is 5.52 Å². The van der Waals surface area contributed by atoms with Gasteiger partial charge in [-0.2, -0.15) is 0 Å². The van der Waals surface area contributed by atoms with Crippen molar-refractivity contribution in [3.8, 4) is 0 Å². The first-order valence-corrected chi connectivity index (χ1v) is 6.05. The zero-order valence-electron chi connectivity index (χ0n) is 9.54.